The molecular formula is C22H18Cl2N3OS+. The van der Waals surface area contributed by atoms with E-state index in [4.69, 9.17) is 23.2 Å². The molecule has 146 valence electrons. The summed E-state index contributed by atoms with van der Waals surface area (Å²) < 4.78 is 2.20. The Labute approximate surface area is 182 Å². The fourth-order valence-corrected chi connectivity index (χ4v) is 4.19. The number of carbonyl (C=O) groups is 1. The van der Waals surface area contributed by atoms with Crippen LogP contribution < -0.4 is 9.88 Å². The molecule has 0 saturated heterocycles. The first-order valence-corrected chi connectivity index (χ1v) is 10.8. The lowest BCUT2D eigenvalue weighted by Gasteiger charge is -2.06. The summed E-state index contributed by atoms with van der Waals surface area (Å²) in [6, 6.07) is 23.4. The number of anilines is 1. The number of rotatable bonds is 6. The fraction of sp³-hybridized carbons (Fsp3) is 0.0909. The Balaban J connectivity index is 1.52. The molecule has 0 saturated carbocycles. The molecular weight excluding hydrogens is 425 g/mol. The van der Waals surface area contributed by atoms with Gasteiger partial charge in [-0.05, 0) is 47.7 Å². The van der Waals surface area contributed by atoms with Crippen molar-refractivity contribution in [3.63, 3.8) is 0 Å². The molecule has 0 aliphatic heterocycles. The van der Waals surface area contributed by atoms with Crippen LogP contribution in [0.15, 0.2) is 78.0 Å². The van der Waals surface area contributed by atoms with Gasteiger partial charge in [0.05, 0.1) is 15.8 Å². The first-order chi connectivity index (χ1) is 14.1. The van der Waals surface area contributed by atoms with Gasteiger partial charge in [-0.3, -0.25) is 4.79 Å². The molecule has 0 aliphatic carbocycles. The van der Waals surface area contributed by atoms with Crippen LogP contribution in [0, 0.1) is 0 Å². The van der Waals surface area contributed by atoms with Gasteiger partial charge >= 0.3 is 5.16 Å². The zero-order valence-corrected chi connectivity index (χ0v) is 17.7. The Morgan fingerprint density at radius 1 is 0.966 bits per heavy atom. The second kappa shape index (κ2) is 8.91. The molecule has 4 nitrogen and oxygen atoms in total. The summed E-state index contributed by atoms with van der Waals surface area (Å²) in [5.74, 6) is 0.153. The number of imidazole rings is 1. The van der Waals surface area contributed by atoms with Crippen LogP contribution in [0.25, 0.3) is 11.0 Å². The second-order valence-corrected chi connectivity index (χ2v) is 8.26. The predicted octanol–water partition coefficient (Wildman–Crippen LogP) is 5.54. The number of thioether (sulfide) groups is 1. The summed E-state index contributed by atoms with van der Waals surface area (Å²) >= 11 is 13.4. The third-order valence-corrected chi connectivity index (χ3v) is 6.15. The van der Waals surface area contributed by atoms with E-state index in [-0.39, 0.29) is 11.7 Å². The van der Waals surface area contributed by atoms with Crippen molar-refractivity contribution in [2.24, 2.45) is 0 Å². The third-order valence-electron chi connectivity index (χ3n) is 4.41. The number of hydrogen-bond donors (Lipinski definition) is 2. The molecule has 0 radical (unpaired) electrons. The molecule has 3 aromatic carbocycles. The van der Waals surface area contributed by atoms with Gasteiger partial charge in [-0.1, -0.05) is 65.7 Å². The Morgan fingerprint density at radius 3 is 2.52 bits per heavy atom. The summed E-state index contributed by atoms with van der Waals surface area (Å²) in [6.45, 7) is 0.724. The Hall–Kier alpha value is -2.47. The first kappa shape index (κ1) is 19.8. The topological polar surface area (TPSA) is 48.8 Å². The minimum atomic E-state index is -0.113. The van der Waals surface area contributed by atoms with Crippen LogP contribution >= 0.6 is 35.0 Å². The molecule has 1 amide bonds. The fourth-order valence-electron chi connectivity index (χ4n) is 3.05. The Morgan fingerprint density at radius 2 is 1.72 bits per heavy atom. The number of fused-ring (bicyclic) bond motifs is 1. The van der Waals surface area contributed by atoms with Gasteiger partial charge in [0.15, 0.2) is 11.0 Å². The maximum Gasteiger partial charge on any atom is 0.317 e. The number of aromatic amines is 1. The number of amides is 1. The molecule has 0 atom stereocenters. The molecule has 0 fully saturated rings. The van der Waals surface area contributed by atoms with E-state index in [0.29, 0.717) is 15.7 Å². The van der Waals surface area contributed by atoms with E-state index in [2.05, 4.69) is 33.1 Å². The smallest absolute Gasteiger partial charge is 0.317 e. The first-order valence-electron chi connectivity index (χ1n) is 9.02. The van der Waals surface area contributed by atoms with Gasteiger partial charge in [-0.25, -0.2) is 9.55 Å². The number of nitrogens with zero attached hydrogens (tertiary/aromatic N) is 1. The number of aromatic nitrogens is 2. The van der Waals surface area contributed by atoms with Crippen molar-refractivity contribution in [2.45, 2.75) is 11.7 Å². The monoisotopic (exact) mass is 442 g/mol. The highest BCUT2D eigenvalue weighted by Crippen LogP contribution is 2.25. The highest BCUT2D eigenvalue weighted by Gasteiger charge is 2.20. The van der Waals surface area contributed by atoms with Crippen LogP contribution in [0.4, 0.5) is 5.69 Å². The number of carbonyl (C=O) groups excluding carboxylic acids is 1. The van der Waals surface area contributed by atoms with Crippen LogP contribution in [-0.2, 0) is 11.3 Å². The van der Waals surface area contributed by atoms with Crippen molar-refractivity contribution in [3.8, 4) is 0 Å². The number of para-hydroxylation sites is 2. The molecule has 0 bridgehead atoms. The lowest BCUT2D eigenvalue weighted by molar-refractivity contribution is -0.700. The average molecular weight is 443 g/mol. The number of hydrogen-bond acceptors (Lipinski definition) is 2. The molecule has 4 aromatic rings. The Bertz CT molecular complexity index is 1160. The maximum atomic E-state index is 12.4. The van der Waals surface area contributed by atoms with E-state index < -0.39 is 0 Å². The number of nitrogens with one attached hydrogen (secondary N) is 2. The number of H-pyrrole nitrogens is 1. The van der Waals surface area contributed by atoms with E-state index in [1.54, 1.807) is 18.2 Å². The molecule has 4 rings (SSSR count). The van der Waals surface area contributed by atoms with Gasteiger partial charge in [0.2, 0.25) is 5.91 Å². The zero-order valence-electron chi connectivity index (χ0n) is 15.4. The van der Waals surface area contributed by atoms with Gasteiger partial charge in [0.25, 0.3) is 0 Å². The normalized spacial score (nSPS) is 11.0. The quantitative estimate of drug-likeness (QED) is 0.304. The SMILES string of the molecule is O=C(CSc1[nH]c2ccccc2[n+]1Cc1ccccc1)Nc1ccc(Cl)c(Cl)c1. The standard InChI is InChI=1S/C22H17Cl2N3OS/c23-17-11-10-16(12-18(17)24)25-21(28)14-29-22-26-19-8-4-5-9-20(19)27(22)13-15-6-2-1-3-7-15/h1-12H,13-14H2,(H,25,28)/p+1. The van der Waals surface area contributed by atoms with E-state index in [0.717, 1.165) is 22.7 Å². The average Bonchev–Trinajstić information content (AvgIpc) is 3.07. The minimum absolute atomic E-state index is 0.113. The summed E-state index contributed by atoms with van der Waals surface area (Å²) in [5.41, 5.74) is 3.96. The third kappa shape index (κ3) is 4.75. The van der Waals surface area contributed by atoms with E-state index in [1.807, 2.05) is 36.4 Å². The summed E-state index contributed by atoms with van der Waals surface area (Å²) in [4.78, 5) is 15.9. The van der Waals surface area contributed by atoms with E-state index in [1.165, 1.54) is 17.3 Å². The largest absolute Gasteiger partial charge is 0.325 e. The van der Waals surface area contributed by atoms with Gasteiger partial charge in [-0.2, -0.15) is 0 Å². The van der Waals surface area contributed by atoms with Crippen LogP contribution in [0.2, 0.25) is 10.0 Å². The van der Waals surface area contributed by atoms with Gasteiger partial charge in [0, 0.05) is 5.69 Å². The molecule has 1 heterocycles. The van der Waals surface area contributed by atoms with Crippen LogP contribution in [0.1, 0.15) is 5.56 Å². The minimum Gasteiger partial charge on any atom is -0.325 e. The molecule has 2 N–H and O–H groups in total. The molecule has 7 heteroatoms. The van der Waals surface area contributed by atoms with Crippen molar-refractivity contribution in [3.05, 3.63) is 88.4 Å². The van der Waals surface area contributed by atoms with E-state index >= 15 is 0 Å². The Kier molecular flexibility index (Phi) is 6.09. The molecule has 0 unspecified atom stereocenters. The van der Waals surface area contributed by atoms with Gasteiger partial charge < -0.3 is 5.32 Å². The van der Waals surface area contributed by atoms with Gasteiger partial charge in [-0.15, -0.1) is 0 Å². The summed E-state index contributed by atoms with van der Waals surface area (Å²) in [6.07, 6.45) is 0. The number of benzene rings is 3. The van der Waals surface area contributed by atoms with Crippen LogP contribution in [0.5, 0.6) is 0 Å². The van der Waals surface area contributed by atoms with Crippen molar-refractivity contribution >= 4 is 57.6 Å². The predicted molar refractivity (Wildman–Crippen MR) is 120 cm³/mol. The summed E-state index contributed by atoms with van der Waals surface area (Å²) in [7, 11) is 0. The molecule has 0 spiro atoms. The van der Waals surface area contributed by atoms with Crippen molar-refractivity contribution in [1.82, 2.24) is 4.98 Å². The van der Waals surface area contributed by atoms with Crippen molar-refractivity contribution in [1.29, 1.82) is 0 Å². The summed E-state index contributed by atoms with van der Waals surface area (Å²) in [5, 5.41) is 4.66. The molecule has 29 heavy (non-hydrogen) atoms. The van der Waals surface area contributed by atoms with E-state index in [9.17, 15) is 4.79 Å². The van der Waals surface area contributed by atoms with Crippen LogP contribution in [-0.4, -0.2) is 16.6 Å². The highest BCUT2D eigenvalue weighted by atomic mass is 35.5. The lowest BCUT2D eigenvalue weighted by Crippen LogP contribution is -2.35. The second-order valence-electron chi connectivity index (χ2n) is 6.48. The van der Waals surface area contributed by atoms with Crippen molar-refractivity contribution in [2.75, 3.05) is 11.1 Å². The van der Waals surface area contributed by atoms with Crippen LogP contribution in [0.3, 0.4) is 0 Å². The lowest BCUT2D eigenvalue weighted by atomic mass is 10.2. The molecule has 1 aromatic heterocycles. The van der Waals surface area contributed by atoms with Crippen molar-refractivity contribution < 1.29 is 9.36 Å². The number of halogens is 2. The zero-order chi connectivity index (χ0) is 20.2. The molecule has 0 aliphatic rings. The highest BCUT2D eigenvalue weighted by molar-refractivity contribution is 7.99. The maximum absolute atomic E-state index is 12.4. The van der Waals surface area contributed by atoms with Gasteiger partial charge in [0.1, 0.15) is 6.54 Å².